The van der Waals surface area contributed by atoms with E-state index in [1.807, 2.05) is 13.8 Å². The van der Waals surface area contributed by atoms with Crippen LogP contribution in [-0.4, -0.2) is 33.3 Å². The van der Waals surface area contributed by atoms with Crippen molar-refractivity contribution in [2.75, 3.05) is 21.3 Å². The maximum absolute atomic E-state index is 12.1. The highest BCUT2D eigenvalue weighted by Crippen LogP contribution is 2.33. The van der Waals surface area contributed by atoms with Crippen LogP contribution < -0.4 is 19.5 Å². The molecule has 18 heavy (non-hydrogen) atoms. The van der Waals surface area contributed by atoms with Crippen LogP contribution in [0.15, 0.2) is 12.1 Å². The summed E-state index contributed by atoms with van der Waals surface area (Å²) in [5.41, 5.74) is 0.370. The van der Waals surface area contributed by atoms with Gasteiger partial charge < -0.3 is 19.5 Å². The lowest BCUT2D eigenvalue weighted by Gasteiger charge is -2.16. The molecule has 1 aromatic rings. The molecule has 0 saturated heterocycles. The van der Waals surface area contributed by atoms with Gasteiger partial charge in [-0.25, -0.2) is 0 Å². The topological polar surface area (TPSA) is 56.8 Å². The fourth-order valence-electron chi connectivity index (χ4n) is 1.56. The highest BCUT2D eigenvalue weighted by molar-refractivity contribution is 6.00. The van der Waals surface area contributed by atoms with Gasteiger partial charge in [0.2, 0.25) is 0 Å². The SMILES string of the molecule is COc1cc(OC)c(C(=O)NC(C)C)c(OC)c1. The predicted molar refractivity (Wildman–Crippen MR) is 68.7 cm³/mol. The van der Waals surface area contributed by atoms with Crippen LogP contribution in [0.5, 0.6) is 17.2 Å². The van der Waals surface area contributed by atoms with E-state index in [0.29, 0.717) is 22.8 Å². The van der Waals surface area contributed by atoms with Gasteiger partial charge in [-0.3, -0.25) is 4.79 Å². The van der Waals surface area contributed by atoms with Gasteiger partial charge in [0.1, 0.15) is 22.8 Å². The number of carbonyl (C=O) groups is 1. The second-order valence-electron chi connectivity index (χ2n) is 4.04. The van der Waals surface area contributed by atoms with E-state index in [1.165, 1.54) is 14.2 Å². The number of amides is 1. The van der Waals surface area contributed by atoms with Crippen molar-refractivity contribution in [3.05, 3.63) is 17.7 Å². The van der Waals surface area contributed by atoms with Crippen molar-refractivity contribution >= 4 is 5.91 Å². The van der Waals surface area contributed by atoms with Crippen LogP contribution in [0.3, 0.4) is 0 Å². The summed E-state index contributed by atoms with van der Waals surface area (Å²) >= 11 is 0. The van der Waals surface area contributed by atoms with Crippen LogP contribution in [-0.2, 0) is 0 Å². The quantitative estimate of drug-likeness (QED) is 0.870. The Morgan fingerprint density at radius 3 is 1.89 bits per heavy atom. The minimum Gasteiger partial charge on any atom is -0.496 e. The lowest BCUT2D eigenvalue weighted by molar-refractivity contribution is 0.0936. The number of hydrogen-bond acceptors (Lipinski definition) is 4. The molecule has 1 amide bonds. The van der Waals surface area contributed by atoms with Crippen molar-refractivity contribution in [1.82, 2.24) is 5.32 Å². The highest BCUT2D eigenvalue weighted by Gasteiger charge is 2.20. The van der Waals surface area contributed by atoms with Gasteiger partial charge in [0.25, 0.3) is 5.91 Å². The molecule has 1 N–H and O–H groups in total. The van der Waals surface area contributed by atoms with Gasteiger partial charge in [-0.05, 0) is 13.8 Å². The van der Waals surface area contributed by atoms with Crippen molar-refractivity contribution in [2.24, 2.45) is 0 Å². The molecule has 0 radical (unpaired) electrons. The molecule has 0 bridgehead atoms. The summed E-state index contributed by atoms with van der Waals surface area (Å²) in [6.45, 7) is 3.78. The van der Waals surface area contributed by atoms with Crippen molar-refractivity contribution < 1.29 is 19.0 Å². The fraction of sp³-hybridized carbons (Fsp3) is 0.462. The molecule has 0 heterocycles. The van der Waals surface area contributed by atoms with Crippen LogP contribution in [0.1, 0.15) is 24.2 Å². The summed E-state index contributed by atoms with van der Waals surface area (Å²) in [4.78, 5) is 12.1. The van der Waals surface area contributed by atoms with E-state index in [-0.39, 0.29) is 11.9 Å². The molecule has 5 heteroatoms. The maximum Gasteiger partial charge on any atom is 0.259 e. The highest BCUT2D eigenvalue weighted by atomic mass is 16.5. The van der Waals surface area contributed by atoms with Gasteiger partial charge in [-0.15, -0.1) is 0 Å². The standard InChI is InChI=1S/C13H19NO4/c1-8(2)14-13(15)12-10(17-4)6-9(16-3)7-11(12)18-5/h6-8H,1-5H3,(H,14,15). The second-order valence-corrected chi connectivity index (χ2v) is 4.04. The lowest BCUT2D eigenvalue weighted by atomic mass is 10.1. The van der Waals surface area contributed by atoms with E-state index in [9.17, 15) is 4.79 Å². The molecule has 0 saturated carbocycles. The molecule has 1 rings (SSSR count). The summed E-state index contributed by atoms with van der Waals surface area (Å²) in [6.07, 6.45) is 0. The van der Waals surface area contributed by atoms with Crippen molar-refractivity contribution in [3.63, 3.8) is 0 Å². The fourth-order valence-corrected chi connectivity index (χ4v) is 1.56. The zero-order chi connectivity index (χ0) is 13.7. The van der Waals surface area contributed by atoms with Gasteiger partial charge in [0, 0.05) is 18.2 Å². The molecule has 0 atom stereocenters. The maximum atomic E-state index is 12.1. The Kier molecular flexibility index (Phi) is 4.83. The largest absolute Gasteiger partial charge is 0.496 e. The summed E-state index contributed by atoms with van der Waals surface area (Å²) in [6, 6.07) is 3.34. The summed E-state index contributed by atoms with van der Waals surface area (Å²) in [7, 11) is 4.54. The summed E-state index contributed by atoms with van der Waals surface area (Å²) in [5.74, 6) is 1.18. The normalized spacial score (nSPS) is 10.1. The minimum atomic E-state index is -0.235. The molecule has 5 nitrogen and oxygen atoms in total. The minimum absolute atomic E-state index is 0.0361. The third-order valence-corrected chi connectivity index (χ3v) is 2.36. The first kappa shape index (κ1) is 14.2. The lowest BCUT2D eigenvalue weighted by Crippen LogP contribution is -2.30. The van der Waals surface area contributed by atoms with E-state index in [2.05, 4.69) is 5.32 Å². The third kappa shape index (κ3) is 3.06. The van der Waals surface area contributed by atoms with E-state index in [4.69, 9.17) is 14.2 Å². The first-order chi connectivity index (χ1) is 8.53. The molecule has 0 aromatic heterocycles. The van der Waals surface area contributed by atoms with Gasteiger partial charge in [0.15, 0.2) is 0 Å². The van der Waals surface area contributed by atoms with Crippen LogP contribution in [0.2, 0.25) is 0 Å². The third-order valence-electron chi connectivity index (χ3n) is 2.36. The number of ether oxygens (including phenoxy) is 3. The second kappa shape index (κ2) is 6.14. The number of carbonyl (C=O) groups excluding carboxylic acids is 1. The molecular formula is C13H19NO4. The Bertz CT molecular complexity index is 404. The van der Waals surface area contributed by atoms with E-state index >= 15 is 0 Å². The Hall–Kier alpha value is -1.91. The summed E-state index contributed by atoms with van der Waals surface area (Å²) in [5, 5.41) is 2.81. The molecule has 100 valence electrons. The molecule has 0 aliphatic carbocycles. The Labute approximate surface area is 107 Å². The first-order valence-electron chi connectivity index (χ1n) is 5.64. The zero-order valence-corrected chi connectivity index (χ0v) is 11.4. The number of rotatable bonds is 5. The van der Waals surface area contributed by atoms with E-state index in [1.54, 1.807) is 19.2 Å². The van der Waals surface area contributed by atoms with Gasteiger partial charge in [-0.1, -0.05) is 0 Å². The number of methoxy groups -OCH3 is 3. The smallest absolute Gasteiger partial charge is 0.259 e. The van der Waals surface area contributed by atoms with E-state index in [0.717, 1.165) is 0 Å². The molecular weight excluding hydrogens is 234 g/mol. The molecule has 0 unspecified atom stereocenters. The molecule has 0 spiro atoms. The Morgan fingerprint density at radius 2 is 1.56 bits per heavy atom. The number of benzene rings is 1. The van der Waals surface area contributed by atoms with Gasteiger partial charge >= 0.3 is 0 Å². The monoisotopic (exact) mass is 253 g/mol. The number of hydrogen-bond donors (Lipinski definition) is 1. The van der Waals surface area contributed by atoms with Crippen molar-refractivity contribution in [3.8, 4) is 17.2 Å². The molecule has 0 fully saturated rings. The molecule has 0 aliphatic heterocycles. The average molecular weight is 253 g/mol. The predicted octanol–water partition coefficient (Wildman–Crippen LogP) is 1.85. The van der Waals surface area contributed by atoms with Crippen LogP contribution in [0.25, 0.3) is 0 Å². The van der Waals surface area contributed by atoms with Crippen molar-refractivity contribution in [1.29, 1.82) is 0 Å². The van der Waals surface area contributed by atoms with Gasteiger partial charge in [-0.2, -0.15) is 0 Å². The number of nitrogens with one attached hydrogen (secondary N) is 1. The van der Waals surface area contributed by atoms with Gasteiger partial charge in [0.05, 0.1) is 21.3 Å². The molecule has 1 aromatic carbocycles. The van der Waals surface area contributed by atoms with Crippen molar-refractivity contribution in [2.45, 2.75) is 19.9 Å². The van der Waals surface area contributed by atoms with E-state index < -0.39 is 0 Å². The molecule has 0 aliphatic rings. The summed E-state index contributed by atoms with van der Waals surface area (Å²) < 4.78 is 15.5. The zero-order valence-electron chi connectivity index (χ0n) is 11.4. The Morgan fingerprint density at radius 1 is 1.06 bits per heavy atom. The van der Waals surface area contributed by atoms with Crippen LogP contribution in [0, 0.1) is 0 Å². The first-order valence-corrected chi connectivity index (χ1v) is 5.64. The van der Waals surface area contributed by atoms with Crippen LogP contribution >= 0.6 is 0 Å². The Balaban J connectivity index is 3.26. The van der Waals surface area contributed by atoms with Crippen LogP contribution in [0.4, 0.5) is 0 Å². The average Bonchev–Trinajstić information content (AvgIpc) is 2.35.